The van der Waals surface area contributed by atoms with Gasteiger partial charge in [0.1, 0.15) is 6.10 Å². The Labute approximate surface area is 220 Å². The summed E-state index contributed by atoms with van der Waals surface area (Å²) in [5.74, 6) is -3.22. The van der Waals surface area contributed by atoms with Crippen molar-refractivity contribution in [3.05, 3.63) is 0 Å². The highest BCUT2D eigenvalue weighted by Crippen LogP contribution is 2.48. The fraction of sp³-hybridized carbons (Fsp3) is 0.960. The van der Waals surface area contributed by atoms with Crippen molar-refractivity contribution in [3.8, 4) is 0 Å². The van der Waals surface area contributed by atoms with Gasteiger partial charge in [0.05, 0.1) is 18.8 Å². The van der Waals surface area contributed by atoms with Crippen LogP contribution in [0.5, 0.6) is 0 Å². The molecule has 1 heterocycles. The number of nitrogens with one attached hydrogen (secondary N) is 1. The zero-order valence-corrected chi connectivity index (χ0v) is 24.0. The molecular formula is C25H47F3NO7P. The number of halogens is 3. The van der Waals surface area contributed by atoms with Gasteiger partial charge in [-0.1, -0.05) is 84.0 Å². The topological polar surface area (TPSA) is 92.3 Å². The molecule has 0 spiro atoms. The van der Waals surface area contributed by atoms with Crippen molar-refractivity contribution in [1.82, 2.24) is 5.32 Å². The van der Waals surface area contributed by atoms with E-state index in [1.807, 2.05) is 5.32 Å². The molecule has 220 valence electrons. The average molecular weight is 562 g/mol. The van der Waals surface area contributed by atoms with Crippen molar-refractivity contribution in [2.24, 2.45) is 0 Å². The van der Waals surface area contributed by atoms with Crippen LogP contribution in [0.4, 0.5) is 13.2 Å². The molecule has 37 heavy (non-hydrogen) atoms. The molecule has 1 aliphatic heterocycles. The molecule has 8 nitrogen and oxygen atoms in total. The maximum Gasteiger partial charge on any atom is 0.474 e. The molecule has 0 aromatic carbocycles. The lowest BCUT2D eigenvalue weighted by molar-refractivity contribution is -0.177. The number of hydrogen-bond donors (Lipinski definition) is 1. The van der Waals surface area contributed by atoms with Crippen LogP contribution in [-0.4, -0.2) is 56.9 Å². The van der Waals surface area contributed by atoms with E-state index in [-0.39, 0.29) is 0 Å². The summed E-state index contributed by atoms with van der Waals surface area (Å²) in [4.78, 5) is 11.7. The summed E-state index contributed by atoms with van der Waals surface area (Å²) in [6.45, 7) is 4.94. The van der Waals surface area contributed by atoms with Crippen LogP contribution in [0, 0.1) is 0 Å². The smallest absolute Gasteiger partial charge is 0.344 e. The molecule has 0 radical (unpaired) electrons. The van der Waals surface area contributed by atoms with E-state index in [1.54, 1.807) is 13.8 Å². The predicted octanol–water partition coefficient (Wildman–Crippen LogP) is 7.06. The third kappa shape index (κ3) is 13.8. The number of rotatable bonds is 20. The zero-order valence-electron chi connectivity index (χ0n) is 23.1. The number of ether oxygens (including phenoxy) is 2. The van der Waals surface area contributed by atoms with Crippen molar-refractivity contribution >= 4 is 13.7 Å². The van der Waals surface area contributed by atoms with E-state index >= 15 is 0 Å². The molecule has 0 saturated carbocycles. The van der Waals surface area contributed by atoms with Crippen molar-refractivity contribution in [2.75, 3.05) is 20.8 Å². The largest absolute Gasteiger partial charge is 0.474 e. The molecule has 0 aliphatic carbocycles. The molecule has 0 aromatic heterocycles. The van der Waals surface area contributed by atoms with Gasteiger partial charge in [-0.25, -0.2) is 4.57 Å². The Morgan fingerprint density at radius 2 is 1.41 bits per heavy atom. The molecular weight excluding hydrogens is 514 g/mol. The summed E-state index contributed by atoms with van der Waals surface area (Å²) in [6.07, 6.45) is 8.13. The second kappa shape index (κ2) is 17.1. The quantitative estimate of drug-likeness (QED) is 0.126. The first-order chi connectivity index (χ1) is 17.4. The minimum Gasteiger partial charge on any atom is -0.344 e. The lowest BCUT2D eigenvalue weighted by Gasteiger charge is -2.28. The van der Waals surface area contributed by atoms with E-state index in [2.05, 4.69) is 6.92 Å². The number of hydrogen-bond acceptors (Lipinski definition) is 7. The Hall–Kier alpha value is -0.710. The normalized spacial score (nSPS) is 20.8. The summed E-state index contributed by atoms with van der Waals surface area (Å²) in [5, 5.41) is 1.91. The van der Waals surface area contributed by atoms with Crippen LogP contribution < -0.4 is 5.32 Å². The number of unbranched alkanes of at least 4 members (excludes halogenated alkanes) is 11. The third-order valence-electron chi connectivity index (χ3n) is 6.39. The van der Waals surface area contributed by atoms with Gasteiger partial charge in [0, 0.05) is 14.2 Å². The van der Waals surface area contributed by atoms with E-state index < -0.39 is 50.5 Å². The Morgan fingerprint density at radius 1 is 0.919 bits per heavy atom. The van der Waals surface area contributed by atoms with Gasteiger partial charge in [0.15, 0.2) is 5.79 Å². The minimum absolute atomic E-state index is 0.538. The molecule has 1 rings (SSSR count). The van der Waals surface area contributed by atoms with Crippen LogP contribution in [0.2, 0.25) is 0 Å². The van der Waals surface area contributed by atoms with E-state index in [4.69, 9.17) is 23.0 Å². The molecule has 0 unspecified atom stereocenters. The fourth-order valence-corrected chi connectivity index (χ4v) is 5.14. The SMILES string of the molecule is CCCCCCCCCCCCCC[C@H]1OC(C)(C)O[C@H]1[C@H](COP(=O)(OC)OC)NC(=O)C(F)(F)F. The van der Waals surface area contributed by atoms with Crippen molar-refractivity contribution < 1.29 is 45.6 Å². The van der Waals surface area contributed by atoms with Crippen LogP contribution in [-0.2, 0) is 32.4 Å². The molecule has 1 aliphatic rings. The predicted molar refractivity (Wildman–Crippen MR) is 135 cm³/mol. The van der Waals surface area contributed by atoms with Crippen LogP contribution in [0.25, 0.3) is 0 Å². The second-order valence-corrected chi connectivity index (χ2v) is 11.9. The Kier molecular flexibility index (Phi) is 15.8. The summed E-state index contributed by atoms with van der Waals surface area (Å²) in [7, 11) is -1.82. The monoisotopic (exact) mass is 561 g/mol. The Bertz CT molecular complexity index is 686. The van der Waals surface area contributed by atoms with Gasteiger partial charge in [-0.2, -0.15) is 13.2 Å². The highest BCUT2D eigenvalue weighted by molar-refractivity contribution is 7.48. The Morgan fingerprint density at radius 3 is 1.86 bits per heavy atom. The fourth-order valence-electron chi connectivity index (χ4n) is 4.43. The molecule has 0 aromatic rings. The highest BCUT2D eigenvalue weighted by Gasteiger charge is 2.48. The minimum atomic E-state index is -5.11. The third-order valence-corrected chi connectivity index (χ3v) is 7.75. The van der Waals surface area contributed by atoms with Crippen molar-refractivity contribution in [1.29, 1.82) is 0 Å². The molecule has 3 atom stereocenters. The van der Waals surface area contributed by atoms with E-state index in [0.717, 1.165) is 39.9 Å². The molecule has 12 heteroatoms. The molecule has 1 fully saturated rings. The van der Waals surface area contributed by atoms with Gasteiger partial charge in [0.2, 0.25) is 0 Å². The van der Waals surface area contributed by atoms with Gasteiger partial charge in [-0.3, -0.25) is 18.4 Å². The summed E-state index contributed by atoms with van der Waals surface area (Å²) >= 11 is 0. The number of amides is 1. The number of carbonyl (C=O) groups is 1. The second-order valence-electron chi connectivity index (χ2n) is 10.0. The summed E-state index contributed by atoms with van der Waals surface area (Å²) in [6, 6.07) is -1.29. The number of phosphoric acid groups is 1. The summed E-state index contributed by atoms with van der Waals surface area (Å²) in [5.41, 5.74) is 0. The molecule has 1 N–H and O–H groups in total. The van der Waals surface area contributed by atoms with Crippen LogP contribution in [0.15, 0.2) is 0 Å². The van der Waals surface area contributed by atoms with E-state index in [9.17, 15) is 22.5 Å². The molecule has 1 amide bonds. The van der Waals surface area contributed by atoms with Gasteiger partial charge in [-0.05, 0) is 20.3 Å². The lowest BCUT2D eigenvalue weighted by atomic mass is 9.99. The van der Waals surface area contributed by atoms with Gasteiger partial charge < -0.3 is 14.8 Å². The average Bonchev–Trinajstić information content (AvgIpc) is 3.15. The van der Waals surface area contributed by atoms with E-state index in [1.165, 1.54) is 51.4 Å². The first-order valence-corrected chi connectivity index (χ1v) is 14.9. The number of phosphoric ester groups is 1. The standard InChI is InChI=1S/C25H47F3NO7P/c1-6-7-8-9-10-11-12-13-14-15-16-17-18-21-22(36-24(2,3)35-21)20(29-23(30)25(26,27)28)19-34-37(31,32-4)33-5/h20-22H,6-19H2,1-5H3,(H,29,30)/t20-,21+,22-/m0/s1. The first kappa shape index (κ1) is 34.3. The van der Waals surface area contributed by atoms with Crippen molar-refractivity contribution in [3.63, 3.8) is 0 Å². The first-order valence-electron chi connectivity index (χ1n) is 13.5. The van der Waals surface area contributed by atoms with Crippen LogP contribution in [0.3, 0.4) is 0 Å². The molecule has 1 saturated heterocycles. The highest BCUT2D eigenvalue weighted by atomic mass is 31.2. The van der Waals surface area contributed by atoms with Gasteiger partial charge in [0.25, 0.3) is 0 Å². The van der Waals surface area contributed by atoms with Gasteiger partial charge >= 0.3 is 19.9 Å². The zero-order chi connectivity index (χ0) is 28.0. The van der Waals surface area contributed by atoms with Crippen LogP contribution in [0.1, 0.15) is 104 Å². The van der Waals surface area contributed by atoms with E-state index in [0.29, 0.717) is 6.42 Å². The number of carbonyl (C=O) groups excluding carboxylic acids is 1. The maximum atomic E-state index is 13.0. The number of alkyl halides is 3. The molecule has 0 bridgehead atoms. The van der Waals surface area contributed by atoms with Gasteiger partial charge in [-0.15, -0.1) is 0 Å². The summed E-state index contributed by atoms with van der Waals surface area (Å²) < 4.78 is 77.6. The lowest BCUT2D eigenvalue weighted by Crippen LogP contribution is -2.53. The van der Waals surface area contributed by atoms with Crippen molar-refractivity contribution in [2.45, 2.75) is 134 Å². The van der Waals surface area contributed by atoms with Crippen LogP contribution >= 0.6 is 7.82 Å². The Balaban J connectivity index is 2.60. The maximum absolute atomic E-state index is 13.0.